The zero-order valence-corrected chi connectivity index (χ0v) is 17.7. The molecule has 1 atom stereocenters. The summed E-state index contributed by atoms with van der Waals surface area (Å²) in [5.41, 5.74) is 3.23. The minimum absolute atomic E-state index is 0.105. The van der Waals surface area contributed by atoms with Crippen molar-refractivity contribution in [2.75, 3.05) is 37.8 Å². The molecule has 0 saturated carbocycles. The van der Waals surface area contributed by atoms with Gasteiger partial charge in [-0.2, -0.15) is 0 Å². The van der Waals surface area contributed by atoms with Gasteiger partial charge in [0.15, 0.2) is 17.4 Å². The van der Waals surface area contributed by atoms with Crippen LogP contribution in [0.1, 0.15) is 31.9 Å². The Morgan fingerprint density at radius 1 is 1.10 bits per heavy atom. The summed E-state index contributed by atoms with van der Waals surface area (Å²) in [7, 11) is 0. The predicted octanol–water partition coefficient (Wildman–Crippen LogP) is 3.45. The van der Waals surface area contributed by atoms with Crippen molar-refractivity contribution >= 4 is 16.9 Å². The van der Waals surface area contributed by atoms with Crippen molar-refractivity contribution in [3.05, 3.63) is 42.1 Å². The lowest BCUT2D eigenvalue weighted by atomic mass is 10.1. The molecule has 2 aliphatic heterocycles. The summed E-state index contributed by atoms with van der Waals surface area (Å²) in [4.78, 5) is 16.6. The van der Waals surface area contributed by atoms with Gasteiger partial charge in [0.1, 0.15) is 11.3 Å². The number of aromatic hydroxyl groups is 1. The van der Waals surface area contributed by atoms with Crippen LogP contribution in [0.2, 0.25) is 0 Å². The van der Waals surface area contributed by atoms with Crippen LogP contribution in [0.5, 0.6) is 5.75 Å². The van der Waals surface area contributed by atoms with Gasteiger partial charge in [0.05, 0.1) is 31.4 Å². The third-order valence-corrected chi connectivity index (χ3v) is 5.58. The van der Waals surface area contributed by atoms with Gasteiger partial charge in [-0.05, 0) is 32.0 Å². The first-order chi connectivity index (χ1) is 15.0. The summed E-state index contributed by atoms with van der Waals surface area (Å²) >= 11 is 0. The molecule has 8 nitrogen and oxygen atoms in total. The number of phenols is 1. The highest BCUT2D eigenvalue weighted by atomic mass is 16.7. The molecule has 162 valence electrons. The highest BCUT2D eigenvalue weighted by molar-refractivity contribution is 5.88. The van der Waals surface area contributed by atoms with E-state index in [0.717, 1.165) is 47.5 Å². The first kappa shape index (κ1) is 20.1. The molecule has 2 aliphatic rings. The van der Waals surface area contributed by atoms with Crippen LogP contribution in [0.15, 0.2) is 36.5 Å². The molecule has 8 heteroatoms. The van der Waals surface area contributed by atoms with Crippen LogP contribution in [0.4, 0.5) is 5.82 Å². The summed E-state index contributed by atoms with van der Waals surface area (Å²) in [6.45, 7) is 7.26. The second-order valence-electron chi connectivity index (χ2n) is 8.30. The van der Waals surface area contributed by atoms with Crippen LogP contribution < -0.4 is 4.90 Å². The highest BCUT2D eigenvalue weighted by Crippen LogP contribution is 2.35. The maximum atomic E-state index is 9.95. The van der Waals surface area contributed by atoms with Gasteiger partial charge < -0.3 is 24.2 Å². The zero-order chi connectivity index (χ0) is 21.4. The maximum Gasteiger partial charge on any atom is 0.163 e. The van der Waals surface area contributed by atoms with Crippen LogP contribution in [-0.4, -0.2) is 58.8 Å². The number of aromatic nitrogens is 3. The van der Waals surface area contributed by atoms with Crippen LogP contribution in [-0.2, 0) is 14.2 Å². The van der Waals surface area contributed by atoms with Gasteiger partial charge in [-0.25, -0.2) is 9.97 Å². The standard InChI is InChI=1S/C23H26N4O4/c1-23(2)30-9-6-19(31-23)16-13-18-20(24-14-16)22(27-7-10-29-11-8-27)26-21(25-18)15-4-3-5-17(28)12-15/h3-5,12-14,19,28H,6-11H2,1-2H3. The lowest BCUT2D eigenvalue weighted by Crippen LogP contribution is -2.37. The van der Waals surface area contributed by atoms with E-state index in [1.54, 1.807) is 18.2 Å². The molecule has 2 fully saturated rings. The molecule has 1 aromatic carbocycles. The van der Waals surface area contributed by atoms with E-state index < -0.39 is 5.79 Å². The van der Waals surface area contributed by atoms with Gasteiger partial charge in [-0.1, -0.05) is 12.1 Å². The Morgan fingerprint density at radius 3 is 2.71 bits per heavy atom. The average molecular weight is 422 g/mol. The van der Waals surface area contributed by atoms with E-state index in [2.05, 4.69) is 4.90 Å². The number of ether oxygens (including phenoxy) is 3. The van der Waals surface area contributed by atoms with E-state index >= 15 is 0 Å². The number of morpholine rings is 1. The van der Waals surface area contributed by atoms with Crippen LogP contribution >= 0.6 is 0 Å². The third-order valence-electron chi connectivity index (χ3n) is 5.58. The summed E-state index contributed by atoms with van der Waals surface area (Å²) < 4.78 is 17.3. The quantitative estimate of drug-likeness (QED) is 0.687. The molecule has 2 aromatic heterocycles. The molecule has 5 rings (SSSR count). The molecule has 0 amide bonds. The Hall–Kier alpha value is -2.81. The Labute approximate surface area is 180 Å². The highest BCUT2D eigenvalue weighted by Gasteiger charge is 2.31. The fourth-order valence-corrected chi connectivity index (χ4v) is 4.05. The van der Waals surface area contributed by atoms with Crippen molar-refractivity contribution in [2.45, 2.75) is 32.2 Å². The van der Waals surface area contributed by atoms with Crippen molar-refractivity contribution < 1.29 is 19.3 Å². The second-order valence-corrected chi connectivity index (χ2v) is 8.30. The van der Waals surface area contributed by atoms with Crippen molar-refractivity contribution in [2.24, 2.45) is 0 Å². The van der Waals surface area contributed by atoms with E-state index in [4.69, 9.17) is 29.2 Å². The zero-order valence-electron chi connectivity index (χ0n) is 17.7. The average Bonchev–Trinajstić information content (AvgIpc) is 2.78. The molecule has 31 heavy (non-hydrogen) atoms. The SMILES string of the molecule is CC1(C)OCCC(c2cnc3c(N4CCOCC4)nc(-c4cccc(O)c4)nc3c2)O1. The Bertz CT molecular complexity index is 1100. The molecule has 0 bridgehead atoms. The number of fused-ring (bicyclic) bond motifs is 1. The van der Waals surface area contributed by atoms with Gasteiger partial charge in [-0.15, -0.1) is 0 Å². The molecule has 4 heterocycles. The topological polar surface area (TPSA) is 89.8 Å². The molecule has 1 unspecified atom stereocenters. The maximum absolute atomic E-state index is 9.95. The van der Waals surface area contributed by atoms with Gasteiger partial charge in [-0.3, -0.25) is 4.98 Å². The van der Waals surface area contributed by atoms with Crippen molar-refractivity contribution in [1.29, 1.82) is 0 Å². The fraction of sp³-hybridized carbons (Fsp3) is 0.435. The fourth-order valence-electron chi connectivity index (χ4n) is 4.05. The first-order valence-electron chi connectivity index (χ1n) is 10.6. The van der Waals surface area contributed by atoms with E-state index in [1.165, 1.54) is 0 Å². The monoisotopic (exact) mass is 422 g/mol. The molecule has 0 aliphatic carbocycles. The number of phenolic OH excluding ortho intramolecular Hbond substituents is 1. The third kappa shape index (κ3) is 4.19. The normalized spacial score (nSPS) is 21.4. The number of hydrogen-bond donors (Lipinski definition) is 1. The number of anilines is 1. The van der Waals surface area contributed by atoms with Crippen molar-refractivity contribution in [3.8, 4) is 17.1 Å². The number of hydrogen-bond acceptors (Lipinski definition) is 8. The van der Waals surface area contributed by atoms with E-state index in [-0.39, 0.29) is 11.9 Å². The smallest absolute Gasteiger partial charge is 0.163 e. The number of rotatable bonds is 3. The number of pyridine rings is 1. The van der Waals surface area contributed by atoms with Gasteiger partial charge >= 0.3 is 0 Å². The summed E-state index contributed by atoms with van der Waals surface area (Å²) in [5, 5.41) is 9.95. The molecule has 3 aromatic rings. The van der Waals surface area contributed by atoms with Gasteiger partial charge in [0.2, 0.25) is 0 Å². The molecule has 2 saturated heterocycles. The van der Waals surface area contributed by atoms with Crippen molar-refractivity contribution in [1.82, 2.24) is 15.0 Å². The first-order valence-corrected chi connectivity index (χ1v) is 10.6. The van der Waals surface area contributed by atoms with E-state index in [9.17, 15) is 5.11 Å². The van der Waals surface area contributed by atoms with E-state index in [1.807, 2.05) is 32.2 Å². The van der Waals surface area contributed by atoms with Crippen molar-refractivity contribution in [3.63, 3.8) is 0 Å². The summed E-state index contributed by atoms with van der Waals surface area (Å²) in [6.07, 6.45) is 2.51. The Morgan fingerprint density at radius 2 is 1.94 bits per heavy atom. The summed E-state index contributed by atoms with van der Waals surface area (Å²) in [5.74, 6) is 0.886. The number of nitrogens with zero attached hydrogens (tertiary/aromatic N) is 4. The molecule has 0 radical (unpaired) electrons. The minimum atomic E-state index is -0.630. The molecular formula is C23H26N4O4. The molecule has 1 N–H and O–H groups in total. The molecule has 0 spiro atoms. The van der Waals surface area contributed by atoms with Gasteiger partial charge in [0.25, 0.3) is 0 Å². The number of benzene rings is 1. The minimum Gasteiger partial charge on any atom is -0.508 e. The lowest BCUT2D eigenvalue weighted by molar-refractivity contribution is -0.275. The lowest BCUT2D eigenvalue weighted by Gasteiger charge is -2.36. The second kappa shape index (κ2) is 8.03. The van der Waals surface area contributed by atoms with Crippen LogP contribution in [0.25, 0.3) is 22.4 Å². The van der Waals surface area contributed by atoms with Crippen LogP contribution in [0.3, 0.4) is 0 Å². The Balaban J connectivity index is 1.62. The van der Waals surface area contributed by atoms with Crippen LogP contribution in [0, 0.1) is 0 Å². The van der Waals surface area contributed by atoms with Gasteiger partial charge in [0, 0.05) is 36.8 Å². The molecular weight excluding hydrogens is 396 g/mol. The Kier molecular flexibility index (Phi) is 5.21. The summed E-state index contributed by atoms with van der Waals surface area (Å²) in [6, 6.07) is 9.03. The largest absolute Gasteiger partial charge is 0.508 e. The van der Waals surface area contributed by atoms with E-state index in [0.29, 0.717) is 25.6 Å². The predicted molar refractivity (Wildman–Crippen MR) is 116 cm³/mol.